The summed E-state index contributed by atoms with van der Waals surface area (Å²) in [5.41, 5.74) is 2.64. The third-order valence-corrected chi connectivity index (χ3v) is 3.82. The average Bonchev–Trinajstić information content (AvgIpc) is 2.51. The van der Waals surface area contributed by atoms with Gasteiger partial charge in [-0.3, -0.25) is 19.8 Å². The predicted molar refractivity (Wildman–Crippen MR) is 96.4 cm³/mol. The number of esters is 1. The zero-order valence-corrected chi connectivity index (χ0v) is 15.5. The summed E-state index contributed by atoms with van der Waals surface area (Å²) in [7, 11) is 0. The Morgan fingerprint density at radius 1 is 1.16 bits per heavy atom. The number of nitrogens with zero attached hydrogens (tertiary/aromatic N) is 1. The molecular formula is C18H27N3O4. The van der Waals surface area contributed by atoms with Gasteiger partial charge >= 0.3 is 12.0 Å². The second-order valence-electron chi connectivity index (χ2n) is 6.05. The Hall–Kier alpha value is -2.41. The van der Waals surface area contributed by atoms with Crippen LogP contribution in [0, 0.1) is 13.8 Å². The molecule has 0 atom stereocenters. The maximum absolute atomic E-state index is 12.1. The first-order valence-electron chi connectivity index (χ1n) is 8.31. The van der Waals surface area contributed by atoms with E-state index in [-0.39, 0.29) is 25.7 Å². The first kappa shape index (κ1) is 20.6. The van der Waals surface area contributed by atoms with Gasteiger partial charge in [0.2, 0.25) is 5.91 Å². The zero-order valence-electron chi connectivity index (χ0n) is 15.5. The zero-order chi connectivity index (χ0) is 19.0. The topological polar surface area (TPSA) is 87.7 Å². The van der Waals surface area contributed by atoms with Crippen molar-refractivity contribution in [3.8, 4) is 0 Å². The highest BCUT2D eigenvalue weighted by Gasteiger charge is 2.19. The third-order valence-electron chi connectivity index (χ3n) is 3.82. The fourth-order valence-electron chi connectivity index (χ4n) is 2.18. The minimum absolute atomic E-state index is 0.00245. The number of ether oxygens (including phenoxy) is 1. The molecule has 0 bridgehead atoms. The lowest BCUT2D eigenvalue weighted by Gasteiger charge is -2.24. The van der Waals surface area contributed by atoms with Crippen LogP contribution in [-0.4, -0.2) is 48.5 Å². The maximum atomic E-state index is 12.1. The molecule has 25 heavy (non-hydrogen) atoms. The van der Waals surface area contributed by atoms with Crippen LogP contribution in [-0.2, 0) is 14.3 Å². The van der Waals surface area contributed by atoms with E-state index in [4.69, 9.17) is 4.74 Å². The number of aryl methyl sites for hydroxylation is 1. The number of hydrogen-bond donors (Lipinski definition) is 2. The number of anilines is 1. The molecule has 3 amide bonds. The second kappa shape index (κ2) is 9.78. The van der Waals surface area contributed by atoms with Crippen LogP contribution in [0.1, 0.15) is 31.9 Å². The number of nitrogens with one attached hydrogen (secondary N) is 2. The summed E-state index contributed by atoms with van der Waals surface area (Å²) in [5.74, 6) is -0.885. The summed E-state index contributed by atoms with van der Waals surface area (Å²) in [6.45, 7) is 9.50. The fourth-order valence-corrected chi connectivity index (χ4v) is 2.18. The minimum atomic E-state index is -0.599. The second-order valence-corrected chi connectivity index (χ2v) is 6.05. The predicted octanol–water partition coefficient (Wildman–Crippen LogP) is 2.23. The average molecular weight is 349 g/mol. The van der Waals surface area contributed by atoms with Crippen molar-refractivity contribution in [1.29, 1.82) is 0 Å². The van der Waals surface area contributed by atoms with Gasteiger partial charge in [0.25, 0.3) is 0 Å². The molecule has 0 spiro atoms. The summed E-state index contributed by atoms with van der Waals surface area (Å²) in [6.07, 6.45) is 0. The van der Waals surface area contributed by atoms with Crippen LogP contribution in [0.5, 0.6) is 0 Å². The molecule has 0 aliphatic heterocycles. The molecule has 2 N–H and O–H groups in total. The van der Waals surface area contributed by atoms with Crippen molar-refractivity contribution < 1.29 is 19.1 Å². The van der Waals surface area contributed by atoms with Crippen LogP contribution in [0.25, 0.3) is 0 Å². The van der Waals surface area contributed by atoms with Crippen molar-refractivity contribution in [2.75, 3.05) is 25.0 Å². The number of amides is 3. The van der Waals surface area contributed by atoms with Crippen molar-refractivity contribution in [1.82, 2.24) is 10.2 Å². The van der Waals surface area contributed by atoms with Crippen LogP contribution >= 0.6 is 0 Å². The summed E-state index contributed by atoms with van der Waals surface area (Å²) in [5, 5.41) is 4.95. The summed E-state index contributed by atoms with van der Waals surface area (Å²) in [6, 6.07) is 4.91. The molecule has 1 aromatic rings. The lowest BCUT2D eigenvalue weighted by atomic mass is 10.1. The minimum Gasteiger partial charge on any atom is -0.465 e. The van der Waals surface area contributed by atoms with Gasteiger partial charge in [0.1, 0.15) is 0 Å². The number of urea groups is 1. The van der Waals surface area contributed by atoms with Gasteiger partial charge < -0.3 is 10.1 Å². The third kappa shape index (κ3) is 6.93. The van der Waals surface area contributed by atoms with E-state index in [1.54, 1.807) is 17.9 Å². The highest BCUT2D eigenvalue weighted by atomic mass is 16.5. The largest absolute Gasteiger partial charge is 0.465 e. The van der Waals surface area contributed by atoms with Crippen molar-refractivity contribution in [2.45, 2.75) is 40.7 Å². The highest BCUT2D eigenvalue weighted by molar-refractivity contribution is 6.02. The number of carbonyl (C=O) groups excluding carboxylic acids is 3. The van der Waals surface area contributed by atoms with E-state index in [1.807, 2.05) is 39.8 Å². The Kier molecular flexibility index (Phi) is 8.07. The standard InChI is InChI=1S/C18H27N3O4/c1-6-25-17(23)11-21(12(2)3)10-16(22)20-18(24)19-15-9-7-8-13(4)14(15)5/h7-9,12H,6,10-11H2,1-5H3,(H2,19,20,22,24). The smallest absolute Gasteiger partial charge is 0.325 e. The molecule has 0 saturated heterocycles. The molecular weight excluding hydrogens is 322 g/mol. The Morgan fingerprint density at radius 3 is 2.44 bits per heavy atom. The van der Waals surface area contributed by atoms with Crippen LogP contribution in [0.4, 0.5) is 10.5 Å². The van der Waals surface area contributed by atoms with E-state index in [2.05, 4.69) is 10.6 Å². The van der Waals surface area contributed by atoms with Gasteiger partial charge in [0, 0.05) is 11.7 Å². The van der Waals surface area contributed by atoms with Crippen molar-refractivity contribution in [3.05, 3.63) is 29.3 Å². The van der Waals surface area contributed by atoms with Gasteiger partial charge in [-0.25, -0.2) is 4.79 Å². The van der Waals surface area contributed by atoms with Crippen LogP contribution in [0.15, 0.2) is 18.2 Å². The number of hydrogen-bond acceptors (Lipinski definition) is 5. The van der Waals surface area contributed by atoms with Crippen LogP contribution in [0.3, 0.4) is 0 Å². The van der Waals surface area contributed by atoms with Gasteiger partial charge in [-0.15, -0.1) is 0 Å². The quantitative estimate of drug-likeness (QED) is 0.737. The van der Waals surface area contributed by atoms with E-state index in [9.17, 15) is 14.4 Å². The number of imide groups is 1. The molecule has 0 aliphatic rings. The summed E-state index contributed by atoms with van der Waals surface area (Å²) >= 11 is 0. The van der Waals surface area contributed by atoms with E-state index in [1.165, 1.54) is 0 Å². The summed E-state index contributed by atoms with van der Waals surface area (Å²) < 4.78 is 4.90. The molecule has 0 heterocycles. The maximum Gasteiger partial charge on any atom is 0.325 e. The molecule has 138 valence electrons. The summed E-state index contributed by atoms with van der Waals surface area (Å²) in [4.78, 5) is 37.3. The Labute approximate surface area is 148 Å². The number of rotatable bonds is 7. The van der Waals surface area contributed by atoms with Gasteiger partial charge in [-0.05, 0) is 51.8 Å². The lowest BCUT2D eigenvalue weighted by molar-refractivity contribution is -0.145. The van der Waals surface area contributed by atoms with Crippen molar-refractivity contribution in [3.63, 3.8) is 0 Å². The molecule has 0 fully saturated rings. The Bertz CT molecular complexity index is 629. The van der Waals surface area contributed by atoms with E-state index in [0.717, 1.165) is 11.1 Å². The van der Waals surface area contributed by atoms with Crippen LogP contribution < -0.4 is 10.6 Å². The molecule has 7 heteroatoms. The van der Waals surface area contributed by atoms with Crippen LogP contribution in [0.2, 0.25) is 0 Å². The fraction of sp³-hybridized carbons (Fsp3) is 0.500. The Morgan fingerprint density at radius 2 is 1.84 bits per heavy atom. The Balaban J connectivity index is 2.59. The van der Waals surface area contributed by atoms with Gasteiger partial charge in [-0.2, -0.15) is 0 Å². The number of benzene rings is 1. The van der Waals surface area contributed by atoms with Crippen molar-refractivity contribution in [2.24, 2.45) is 0 Å². The van der Waals surface area contributed by atoms with Crippen molar-refractivity contribution >= 4 is 23.6 Å². The van der Waals surface area contributed by atoms with E-state index in [0.29, 0.717) is 5.69 Å². The monoisotopic (exact) mass is 349 g/mol. The normalized spacial score (nSPS) is 10.7. The van der Waals surface area contributed by atoms with Gasteiger partial charge in [0.15, 0.2) is 0 Å². The molecule has 0 aliphatic carbocycles. The van der Waals surface area contributed by atoms with Gasteiger partial charge in [-0.1, -0.05) is 12.1 Å². The molecule has 0 aromatic heterocycles. The first-order chi connectivity index (χ1) is 11.7. The molecule has 1 rings (SSSR count). The lowest BCUT2D eigenvalue weighted by Crippen LogP contribution is -2.46. The molecule has 1 aromatic carbocycles. The number of carbonyl (C=O) groups is 3. The molecule has 0 unspecified atom stereocenters. The first-order valence-corrected chi connectivity index (χ1v) is 8.31. The van der Waals surface area contributed by atoms with Gasteiger partial charge in [0.05, 0.1) is 19.7 Å². The molecule has 7 nitrogen and oxygen atoms in total. The SMILES string of the molecule is CCOC(=O)CN(CC(=O)NC(=O)Nc1cccc(C)c1C)C(C)C. The van der Waals surface area contributed by atoms with E-state index >= 15 is 0 Å². The highest BCUT2D eigenvalue weighted by Crippen LogP contribution is 2.17. The van der Waals surface area contributed by atoms with E-state index < -0.39 is 17.9 Å². The molecule has 0 saturated carbocycles. The molecule has 0 radical (unpaired) electrons.